The fraction of sp³-hybridized carbons (Fsp3) is 0.593. The van der Waals surface area contributed by atoms with Crippen molar-refractivity contribution in [1.82, 2.24) is 25.2 Å². The van der Waals surface area contributed by atoms with Crippen molar-refractivity contribution in [1.29, 1.82) is 0 Å². The quantitative estimate of drug-likeness (QED) is 0.137. The Morgan fingerprint density at radius 3 is 2.57 bits per heavy atom. The van der Waals surface area contributed by atoms with Gasteiger partial charge in [0.25, 0.3) is 5.91 Å². The maximum atomic E-state index is 14.9. The molecule has 0 aliphatic carbocycles. The number of aromatic nitrogens is 2. The van der Waals surface area contributed by atoms with E-state index in [1.807, 2.05) is 4.90 Å². The molecule has 8 nitrogen and oxygen atoms in total. The zero-order valence-electron chi connectivity index (χ0n) is 23.5. The van der Waals surface area contributed by atoms with Crippen molar-refractivity contribution < 1.29 is 35.5 Å². The summed E-state index contributed by atoms with van der Waals surface area (Å²) in [4.78, 5) is 19.2. The van der Waals surface area contributed by atoms with E-state index in [9.17, 15) is 35.5 Å². The number of para-hydroxylation sites is 1. The molecular formula is C27H36F7N7O. The number of amides is 1. The normalized spacial score (nSPS) is 19.5. The first-order chi connectivity index (χ1) is 19.6. The van der Waals surface area contributed by atoms with Gasteiger partial charge in [-0.25, -0.2) is 9.37 Å². The van der Waals surface area contributed by atoms with Crippen LogP contribution in [-0.2, 0) is 12.6 Å². The summed E-state index contributed by atoms with van der Waals surface area (Å²) in [7, 11) is 1.54. The van der Waals surface area contributed by atoms with Crippen LogP contribution in [0.25, 0.3) is 5.69 Å². The molecule has 2 aromatic rings. The predicted octanol–water partition coefficient (Wildman–Crippen LogP) is 4.97. The summed E-state index contributed by atoms with van der Waals surface area (Å²) < 4.78 is 96.0. The van der Waals surface area contributed by atoms with Gasteiger partial charge in [-0.2, -0.15) is 31.4 Å². The number of hydrogen-bond donors (Lipinski definition) is 3. The highest BCUT2D eigenvalue weighted by Crippen LogP contribution is 2.35. The minimum Gasteiger partial charge on any atom is -0.386 e. The van der Waals surface area contributed by atoms with Crippen molar-refractivity contribution >= 4 is 11.7 Å². The highest BCUT2D eigenvalue weighted by Gasteiger charge is 2.36. The van der Waals surface area contributed by atoms with Crippen LogP contribution in [0.2, 0.25) is 0 Å². The fourth-order valence-electron chi connectivity index (χ4n) is 5.01. The molecule has 42 heavy (non-hydrogen) atoms. The third kappa shape index (κ3) is 9.33. The monoisotopic (exact) mass is 607 g/mol. The van der Waals surface area contributed by atoms with E-state index >= 15 is 0 Å². The number of imidazole rings is 1. The number of hydrazone groups is 1. The van der Waals surface area contributed by atoms with Gasteiger partial charge in [-0.3, -0.25) is 4.79 Å². The van der Waals surface area contributed by atoms with E-state index in [0.717, 1.165) is 29.0 Å². The van der Waals surface area contributed by atoms with Crippen molar-refractivity contribution in [3.05, 3.63) is 47.5 Å². The fourth-order valence-corrected chi connectivity index (χ4v) is 5.01. The molecule has 0 radical (unpaired) electrons. The molecule has 3 rings (SSSR count). The van der Waals surface area contributed by atoms with Crippen LogP contribution in [-0.4, -0.2) is 70.8 Å². The molecule has 15 heteroatoms. The first-order valence-corrected chi connectivity index (χ1v) is 13.7. The summed E-state index contributed by atoms with van der Waals surface area (Å²) in [6.45, 7) is 3.14. The van der Waals surface area contributed by atoms with Crippen LogP contribution in [0.15, 0.2) is 35.6 Å². The molecule has 1 saturated heterocycles. The van der Waals surface area contributed by atoms with Gasteiger partial charge in [-0.05, 0) is 44.4 Å². The Balaban J connectivity index is 1.88. The lowest BCUT2D eigenvalue weighted by Crippen LogP contribution is -2.47. The molecule has 4 N–H and O–H groups in total. The van der Waals surface area contributed by atoms with E-state index in [-0.39, 0.29) is 30.3 Å². The maximum Gasteiger partial charge on any atom is 0.418 e. The molecule has 2 heterocycles. The lowest BCUT2D eigenvalue weighted by atomic mass is 9.92. The standard InChI is InChI=1S/C27H36F7N7O/c1-3-25(28)11-6-13-40(17-25)14-10-18(15-22(35)39-36-2)37-24(42)20-16-41(23(38-20)9-12-26(29,30)31)21-8-5-4-7-19(21)27(32,33)34/h4-5,7-8,16,18,36H,3,6,9-15,17H2,1-2H3,(H2,35,39)(H,37,42). The number of nitrogens with two attached hydrogens (primary N) is 1. The third-order valence-corrected chi connectivity index (χ3v) is 7.19. The molecule has 1 aromatic carbocycles. The molecule has 2 atom stereocenters. The van der Waals surface area contributed by atoms with Gasteiger partial charge in [0.2, 0.25) is 0 Å². The molecule has 0 spiro atoms. The van der Waals surface area contributed by atoms with Gasteiger partial charge in [0.15, 0.2) is 0 Å². The second-order valence-electron chi connectivity index (χ2n) is 10.4. The number of amidine groups is 1. The van der Waals surface area contributed by atoms with Crippen molar-refractivity contribution in [3.8, 4) is 5.69 Å². The Morgan fingerprint density at radius 2 is 1.93 bits per heavy atom. The molecular weight excluding hydrogens is 571 g/mol. The molecule has 1 aromatic heterocycles. The van der Waals surface area contributed by atoms with Crippen molar-refractivity contribution in [3.63, 3.8) is 0 Å². The molecule has 1 amide bonds. The zero-order chi connectivity index (χ0) is 31.1. The number of piperidine rings is 1. The van der Waals surface area contributed by atoms with Crippen LogP contribution < -0.4 is 16.5 Å². The Morgan fingerprint density at radius 1 is 1.21 bits per heavy atom. The number of nitrogens with zero attached hydrogens (tertiary/aromatic N) is 4. The average Bonchev–Trinajstić information content (AvgIpc) is 3.34. The molecule has 1 aliphatic heterocycles. The Hall–Kier alpha value is -3.36. The topological polar surface area (TPSA) is 101 Å². The minimum absolute atomic E-state index is 0.0908. The Labute approximate surface area is 239 Å². The predicted molar refractivity (Wildman–Crippen MR) is 144 cm³/mol. The SMILES string of the molecule is CCC1(F)CCCN(CCC(C/C(N)=N/NC)NC(=O)c2cn(-c3ccccc3C(F)(F)F)c(CCC(F)(F)F)n2)C1. The highest BCUT2D eigenvalue weighted by molar-refractivity contribution is 5.93. The van der Waals surface area contributed by atoms with Gasteiger partial charge >= 0.3 is 12.4 Å². The molecule has 0 bridgehead atoms. The second kappa shape index (κ2) is 13.7. The number of carbonyl (C=O) groups excluding carboxylic acids is 1. The van der Waals surface area contributed by atoms with Gasteiger partial charge in [0.05, 0.1) is 17.7 Å². The van der Waals surface area contributed by atoms with E-state index in [0.29, 0.717) is 38.8 Å². The van der Waals surface area contributed by atoms with Gasteiger partial charge < -0.3 is 25.9 Å². The summed E-state index contributed by atoms with van der Waals surface area (Å²) in [5.41, 5.74) is 5.30. The Bertz CT molecular complexity index is 1230. The van der Waals surface area contributed by atoms with Crippen molar-refractivity contribution in [2.75, 3.05) is 26.7 Å². The molecule has 0 saturated carbocycles. The summed E-state index contributed by atoms with van der Waals surface area (Å²) in [5, 5.41) is 6.64. The van der Waals surface area contributed by atoms with Crippen LogP contribution in [0.4, 0.5) is 30.7 Å². The smallest absolute Gasteiger partial charge is 0.386 e. The van der Waals surface area contributed by atoms with E-state index in [1.54, 1.807) is 6.92 Å². The van der Waals surface area contributed by atoms with Crippen LogP contribution in [0.3, 0.4) is 0 Å². The lowest BCUT2D eigenvalue weighted by molar-refractivity contribution is -0.138. The highest BCUT2D eigenvalue weighted by atomic mass is 19.4. The number of aryl methyl sites for hydroxylation is 1. The average molecular weight is 608 g/mol. The Kier molecular flexibility index (Phi) is 10.8. The van der Waals surface area contributed by atoms with E-state index in [4.69, 9.17) is 5.73 Å². The largest absolute Gasteiger partial charge is 0.418 e. The van der Waals surface area contributed by atoms with Crippen LogP contribution in [0, 0.1) is 0 Å². The summed E-state index contributed by atoms with van der Waals surface area (Å²) in [5.74, 6) is -1.000. The van der Waals surface area contributed by atoms with E-state index in [2.05, 4.69) is 20.8 Å². The van der Waals surface area contributed by atoms with Gasteiger partial charge in [0, 0.05) is 45.2 Å². The van der Waals surface area contributed by atoms with Crippen molar-refractivity contribution in [2.24, 2.45) is 10.8 Å². The second-order valence-corrected chi connectivity index (χ2v) is 10.4. The number of benzene rings is 1. The summed E-state index contributed by atoms with van der Waals surface area (Å²) >= 11 is 0. The molecule has 2 unspecified atom stereocenters. The van der Waals surface area contributed by atoms with Crippen molar-refractivity contribution in [2.45, 2.75) is 75.9 Å². The number of rotatable bonds is 12. The minimum atomic E-state index is -4.80. The van der Waals surface area contributed by atoms with Gasteiger partial charge in [0.1, 0.15) is 23.0 Å². The molecule has 1 aliphatic rings. The molecule has 234 valence electrons. The van der Waals surface area contributed by atoms with E-state index < -0.39 is 54.1 Å². The first kappa shape index (κ1) is 33.1. The number of nitrogens with one attached hydrogen (secondary N) is 2. The lowest BCUT2D eigenvalue weighted by Gasteiger charge is -2.37. The number of carbonyl (C=O) groups is 1. The van der Waals surface area contributed by atoms with Crippen LogP contribution >= 0.6 is 0 Å². The number of alkyl halides is 7. The molecule has 1 fully saturated rings. The number of halogens is 7. The summed E-state index contributed by atoms with van der Waals surface area (Å²) in [6.07, 6.45) is -8.53. The van der Waals surface area contributed by atoms with Crippen LogP contribution in [0.5, 0.6) is 0 Å². The zero-order valence-corrected chi connectivity index (χ0v) is 23.5. The third-order valence-electron chi connectivity index (χ3n) is 7.19. The number of likely N-dealkylation sites (tertiary alicyclic amines) is 1. The summed E-state index contributed by atoms with van der Waals surface area (Å²) in [6, 6.07) is 3.74. The van der Waals surface area contributed by atoms with E-state index in [1.165, 1.54) is 13.1 Å². The maximum absolute atomic E-state index is 14.9. The van der Waals surface area contributed by atoms with Crippen LogP contribution in [0.1, 0.15) is 67.3 Å². The first-order valence-electron chi connectivity index (χ1n) is 13.7. The van der Waals surface area contributed by atoms with Gasteiger partial charge in [-0.1, -0.05) is 19.1 Å². The van der Waals surface area contributed by atoms with Gasteiger partial charge in [-0.15, -0.1) is 0 Å². The number of hydrogen-bond acceptors (Lipinski definition) is 5.